The van der Waals surface area contributed by atoms with Crippen molar-refractivity contribution < 1.29 is 9.53 Å². The van der Waals surface area contributed by atoms with Crippen molar-refractivity contribution in [2.75, 3.05) is 6.61 Å². The summed E-state index contributed by atoms with van der Waals surface area (Å²) in [5, 5.41) is 0. The molecule has 14 heavy (non-hydrogen) atoms. The molecule has 0 aromatic heterocycles. The lowest BCUT2D eigenvalue weighted by molar-refractivity contribution is -0.141. The van der Waals surface area contributed by atoms with Crippen LogP contribution in [0.15, 0.2) is 12.2 Å². The third-order valence-corrected chi connectivity index (χ3v) is 2.08. The number of carbonyl (C=O) groups excluding carboxylic acids is 1. The predicted molar refractivity (Wildman–Crippen MR) is 59.1 cm³/mol. The molecule has 1 atom stereocenters. The van der Waals surface area contributed by atoms with Crippen LogP contribution in [0.5, 0.6) is 0 Å². The molecule has 0 radical (unpaired) electrons. The zero-order valence-electron chi connectivity index (χ0n) is 9.58. The molecule has 0 heterocycles. The average molecular weight is 198 g/mol. The minimum absolute atomic E-state index is 0.182. The summed E-state index contributed by atoms with van der Waals surface area (Å²) in [6.45, 7) is 6.36. The number of ether oxygens (including phenoxy) is 1. The minimum Gasteiger partial charge on any atom is -0.466 e. The predicted octanol–water partition coefficient (Wildman–Crippen LogP) is 3.32. The lowest BCUT2D eigenvalue weighted by Crippen LogP contribution is -2.04. The number of rotatable bonds is 7. The third kappa shape index (κ3) is 9.30. The largest absolute Gasteiger partial charge is 0.466 e. The fourth-order valence-electron chi connectivity index (χ4n) is 1.13. The molecule has 0 saturated heterocycles. The molecule has 0 aliphatic heterocycles. The Balaban J connectivity index is 3.36. The van der Waals surface area contributed by atoms with Crippen LogP contribution in [0.1, 0.15) is 46.5 Å². The van der Waals surface area contributed by atoms with Gasteiger partial charge in [-0.05, 0) is 25.2 Å². The first kappa shape index (κ1) is 13.2. The van der Waals surface area contributed by atoms with Gasteiger partial charge in [0.15, 0.2) is 0 Å². The zero-order chi connectivity index (χ0) is 10.8. The summed E-state index contributed by atoms with van der Waals surface area (Å²) in [6.07, 6.45) is 8.86. The first-order valence-electron chi connectivity index (χ1n) is 5.45. The van der Waals surface area contributed by atoms with E-state index in [0.29, 0.717) is 12.5 Å². The van der Waals surface area contributed by atoms with Crippen LogP contribution in [0.4, 0.5) is 0 Å². The third-order valence-electron chi connectivity index (χ3n) is 2.08. The first-order chi connectivity index (χ1) is 6.66. The van der Waals surface area contributed by atoms with Crippen LogP contribution < -0.4 is 0 Å². The molecular formula is C12H22O2. The summed E-state index contributed by atoms with van der Waals surface area (Å²) in [5.74, 6) is 0.418. The number of carbonyl (C=O) groups is 1. The van der Waals surface area contributed by atoms with Gasteiger partial charge in [-0.15, -0.1) is 0 Å². The Morgan fingerprint density at radius 3 is 2.71 bits per heavy atom. The molecule has 0 amide bonds. The van der Waals surface area contributed by atoms with Crippen molar-refractivity contribution in [1.29, 1.82) is 0 Å². The van der Waals surface area contributed by atoms with E-state index in [-0.39, 0.29) is 5.97 Å². The molecule has 0 spiro atoms. The second kappa shape index (κ2) is 8.79. The van der Waals surface area contributed by atoms with Crippen molar-refractivity contribution in [3.63, 3.8) is 0 Å². The number of hydrogen-bond acceptors (Lipinski definition) is 2. The Kier molecular flexibility index (Phi) is 8.30. The van der Waals surface area contributed by atoms with Crippen molar-refractivity contribution >= 4 is 5.97 Å². The summed E-state index contributed by atoms with van der Waals surface area (Å²) in [5.41, 5.74) is 0. The van der Waals surface area contributed by atoms with Crippen LogP contribution in [0.25, 0.3) is 0 Å². The van der Waals surface area contributed by atoms with Crippen molar-refractivity contribution in [2.24, 2.45) is 5.92 Å². The van der Waals surface area contributed by atoms with Gasteiger partial charge in [0.2, 0.25) is 0 Å². The maximum absolute atomic E-state index is 10.5. The van der Waals surface area contributed by atoms with E-state index in [1.165, 1.54) is 13.3 Å². The highest BCUT2D eigenvalue weighted by molar-refractivity contribution is 5.65. The Bertz CT molecular complexity index is 173. The number of allylic oxidation sites excluding steroid dienone is 2. The monoisotopic (exact) mass is 198 g/mol. The van der Waals surface area contributed by atoms with E-state index in [9.17, 15) is 4.79 Å². The van der Waals surface area contributed by atoms with Gasteiger partial charge < -0.3 is 4.74 Å². The van der Waals surface area contributed by atoms with Crippen LogP contribution in [0.2, 0.25) is 0 Å². The van der Waals surface area contributed by atoms with E-state index in [1.54, 1.807) is 0 Å². The molecule has 0 aromatic carbocycles. The topological polar surface area (TPSA) is 26.3 Å². The second-order valence-corrected chi connectivity index (χ2v) is 3.73. The highest BCUT2D eigenvalue weighted by Crippen LogP contribution is 2.08. The quantitative estimate of drug-likeness (QED) is 0.463. The zero-order valence-corrected chi connectivity index (χ0v) is 9.58. The summed E-state index contributed by atoms with van der Waals surface area (Å²) in [7, 11) is 0. The van der Waals surface area contributed by atoms with Gasteiger partial charge in [0.05, 0.1) is 6.61 Å². The van der Waals surface area contributed by atoms with Crippen LogP contribution >= 0.6 is 0 Å². The van der Waals surface area contributed by atoms with E-state index in [2.05, 4.69) is 26.0 Å². The number of unbranched alkanes of at least 4 members (excludes halogenated alkanes) is 1. The Hall–Kier alpha value is -0.790. The van der Waals surface area contributed by atoms with Gasteiger partial charge >= 0.3 is 5.97 Å². The summed E-state index contributed by atoms with van der Waals surface area (Å²) < 4.78 is 4.88. The first-order valence-corrected chi connectivity index (χ1v) is 5.45. The summed E-state index contributed by atoms with van der Waals surface area (Å²) in [6, 6.07) is 0. The maximum atomic E-state index is 10.5. The lowest BCUT2D eigenvalue weighted by Gasteiger charge is -2.07. The molecule has 0 fully saturated rings. The molecule has 2 heteroatoms. The molecule has 0 N–H and O–H groups in total. The molecule has 1 unspecified atom stereocenters. The second-order valence-electron chi connectivity index (χ2n) is 3.73. The summed E-state index contributed by atoms with van der Waals surface area (Å²) in [4.78, 5) is 10.5. The van der Waals surface area contributed by atoms with E-state index >= 15 is 0 Å². The fourth-order valence-corrected chi connectivity index (χ4v) is 1.13. The van der Waals surface area contributed by atoms with E-state index in [0.717, 1.165) is 19.3 Å². The molecule has 0 aliphatic carbocycles. The van der Waals surface area contributed by atoms with Gasteiger partial charge in [-0.3, -0.25) is 4.79 Å². The Morgan fingerprint density at radius 1 is 1.43 bits per heavy atom. The average Bonchev–Trinajstić information content (AvgIpc) is 2.12. The van der Waals surface area contributed by atoms with Gasteiger partial charge in [-0.2, -0.15) is 0 Å². The molecule has 0 aliphatic rings. The van der Waals surface area contributed by atoms with Gasteiger partial charge in [0.25, 0.3) is 0 Å². The van der Waals surface area contributed by atoms with Gasteiger partial charge in [-0.1, -0.05) is 32.4 Å². The van der Waals surface area contributed by atoms with E-state index in [4.69, 9.17) is 4.74 Å². The SMILES string of the molecule is CCC/C=C\CC(C)CCOC(C)=O. The van der Waals surface area contributed by atoms with Crippen LogP contribution in [0, 0.1) is 5.92 Å². The highest BCUT2D eigenvalue weighted by Gasteiger charge is 2.00. The molecule has 0 aromatic rings. The number of esters is 1. The van der Waals surface area contributed by atoms with Gasteiger partial charge in [-0.25, -0.2) is 0 Å². The molecule has 2 nitrogen and oxygen atoms in total. The maximum Gasteiger partial charge on any atom is 0.302 e. The molecule has 82 valence electrons. The van der Waals surface area contributed by atoms with E-state index < -0.39 is 0 Å². The van der Waals surface area contributed by atoms with Crippen LogP contribution in [-0.2, 0) is 9.53 Å². The van der Waals surface area contributed by atoms with Crippen molar-refractivity contribution in [3.05, 3.63) is 12.2 Å². The lowest BCUT2D eigenvalue weighted by atomic mass is 10.0. The van der Waals surface area contributed by atoms with Crippen molar-refractivity contribution in [3.8, 4) is 0 Å². The van der Waals surface area contributed by atoms with E-state index in [1.807, 2.05) is 0 Å². The molecular weight excluding hydrogens is 176 g/mol. The summed E-state index contributed by atoms with van der Waals surface area (Å²) >= 11 is 0. The molecule has 0 bridgehead atoms. The molecule has 0 rings (SSSR count). The van der Waals surface area contributed by atoms with Crippen molar-refractivity contribution in [1.82, 2.24) is 0 Å². The normalized spacial score (nSPS) is 13.1. The minimum atomic E-state index is -0.182. The Labute approximate surface area is 87.3 Å². The Morgan fingerprint density at radius 2 is 2.14 bits per heavy atom. The standard InChI is InChI=1S/C12H22O2/c1-4-5-6-7-8-11(2)9-10-14-12(3)13/h6-7,11H,4-5,8-10H2,1-3H3/b7-6-. The highest BCUT2D eigenvalue weighted by atomic mass is 16.5. The van der Waals surface area contributed by atoms with Crippen molar-refractivity contribution in [2.45, 2.75) is 46.5 Å². The fraction of sp³-hybridized carbons (Fsp3) is 0.750. The smallest absolute Gasteiger partial charge is 0.302 e. The van der Waals surface area contributed by atoms with Crippen LogP contribution in [-0.4, -0.2) is 12.6 Å². The number of hydrogen-bond donors (Lipinski definition) is 0. The van der Waals surface area contributed by atoms with Crippen LogP contribution in [0.3, 0.4) is 0 Å². The molecule has 0 saturated carbocycles. The van der Waals surface area contributed by atoms with Gasteiger partial charge in [0.1, 0.15) is 0 Å². The van der Waals surface area contributed by atoms with Gasteiger partial charge in [0, 0.05) is 6.92 Å².